The summed E-state index contributed by atoms with van der Waals surface area (Å²) in [6.07, 6.45) is 0. The first-order chi connectivity index (χ1) is 6.44. The van der Waals surface area contributed by atoms with Crippen LogP contribution in [0.2, 0.25) is 0 Å². The van der Waals surface area contributed by atoms with E-state index in [2.05, 4.69) is 13.8 Å². The molecule has 0 aliphatic heterocycles. The van der Waals surface area contributed by atoms with Gasteiger partial charge in [0.15, 0.2) is 0 Å². The third-order valence-electron chi connectivity index (χ3n) is 3.43. The van der Waals surface area contributed by atoms with Gasteiger partial charge in [0.2, 0.25) is 0 Å². The number of nitrogens with two attached hydrogens (primary N) is 1. The summed E-state index contributed by atoms with van der Waals surface area (Å²) in [5.74, 6) is 0.694. The van der Waals surface area contributed by atoms with Crippen LogP contribution in [0.1, 0.15) is 30.9 Å². The first kappa shape index (κ1) is 9.53. The van der Waals surface area contributed by atoms with Gasteiger partial charge in [0.05, 0.1) is 0 Å². The van der Waals surface area contributed by atoms with E-state index in [0.29, 0.717) is 11.7 Å². The van der Waals surface area contributed by atoms with Crippen molar-refractivity contribution in [1.82, 2.24) is 0 Å². The fourth-order valence-corrected chi connectivity index (χ4v) is 2.19. The average Bonchev–Trinajstić information content (AvgIpc) is 2.54. The molecule has 0 amide bonds. The quantitative estimate of drug-likeness (QED) is 0.714. The van der Waals surface area contributed by atoms with E-state index in [1.165, 1.54) is 0 Å². The predicted octanol–water partition coefficient (Wildman–Crippen LogP) is 2.15. The molecule has 1 aliphatic rings. The van der Waals surface area contributed by atoms with E-state index >= 15 is 0 Å². The van der Waals surface area contributed by atoms with Crippen LogP contribution in [-0.4, -0.2) is 11.1 Å². The van der Waals surface area contributed by atoms with Crippen molar-refractivity contribution in [3.63, 3.8) is 0 Å². The zero-order valence-electron chi connectivity index (χ0n) is 8.91. The van der Waals surface area contributed by atoms with Crippen LogP contribution < -0.4 is 5.73 Å². The molecule has 14 heavy (non-hydrogen) atoms. The van der Waals surface area contributed by atoms with Gasteiger partial charge in [0.1, 0.15) is 5.75 Å². The van der Waals surface area contributed by atoms with Crippen molar-refractivity contribution >= 4 is 0 Å². The summed E-state index contributed by atoms with van der Waals surface area (Å²) >= 11 is 0. The minimum absolute atomic E-state index is 0.132. The maximum atomic E-state index is 9.80. The Morgan fingerprint density at radius 3 is 2.36 bits per heavy atom. The molecule has 0 saturated heterocycles. The molecule has 1 aromatic carbocycles. The second kappa shape index (κ2) is 2.74. The van der Waals surface area contributed by atoms with Gasteiger partial charge in [-0.15, -0.1) is 0 Å². The van der Waals surface area contributed by atoms with Crippen LogP contribution in [0, 0.1) is 12.3 Å². The van der Waals surface area contributed by atoms with Gasteiger partial charge >= 0.3 is 0 Å². The maximum absolute atomic E-state index is 9.80. The lowest BCUT2D eigenvalue weighted by Crippen LogP contribution is -2.06. The summed E-state index contributed by atoms with van der Waals surface area (Å²) in [5.41, 5.74) is 8.18. The first-order valence-corrected chi connectivity index (χ1v) is 4.99. The van der Waals surface area contributed by atoms with Crippen LogP contribution in [0.3, 0.4) is 0 Å². The minimum atomic E-state index is 0.132. The third kappa shape index (κ3) is 1.22. The summed E-state index contributed by atoms with van der Waals surface area (Å²) in [4.78, 5) is 0. The molecule has 0 bridgehead atoms. The molecule has 0 radical (unpaired) electrons. The highest BCUT2D eigenvalue weighted by Gasteiger charge is 2.56. The molecule has 0 unspecified atom stereocenters. The van der Waals surface area contributed by atoms with E-state index in [1.54, 1.807) is 6.07 Å². The number of hydrogen-bond acceptors (Lipinski definition) is 2. The lowest BCUT2D eigenvalue weighted by molar-refractivity contribution is 0.464. The molecular weight excluding hydrogens is 174 g/mol. The zero-order chi connectivity index (χ0) is 10.5. The predicted molar refractivity (Wildman–Crippen MR) is 57.3 cm³/mol. The summed E-state index contributed by atoms with van der Waals surface area (Å²) in [7, 11) is 0. The Morgan fingerprint density at radius 1 is 1.36 bits per heavy atom. The second-order valence-electron chi connectivity index (χ2n) is 4.89. The number of aryl methyl sites for hydroxylation is 1. The van der Waals surface area contributed by atoms with Crippen LogP contribution >= 0.6 is 0 Å². The smallest absolute Gasteiger partial charge is 0.119 e. The van der Waals surface area contributed by atoms with E-state index in [9.17, 15) is 5.11 Å². The SMILES string of the molecule is Cc1ccc([C@H]2[C@H](N)C2(C)C)c(O)c1. The largest absolute Gasteiger partial charge is 0.508 e. The molecule has 2 rings (SSSR count). The van der Waals surface area contributed by atoms with Gasteiger partial charge in [-0.2, -0.15) is 0 Å². The molecular formula is C12H17NO. The van der Waals surface area contributed by atoms with Crippen LogP contribution in [0.5, 0.6) is 5.75 Å². The first-order valence-electron chi connectivity index (χ1n) is 4.99. The minimum Gasteiger partial charge on any atom is -0.508 e. The molecule has 2 heteroatoms. The summed E-state index contributed by atoms with van der Waals surface area (Å²) in [6, 6.07) is 5.99. The van der Waals surface area contributed by atoms with E-state index in [4.69, 9.17) is 5.73 Å². The normalized spacial score (nSPS) is 28.9. The molecule has 1 fully saturated rings. The maximum Gasteiger partial charge on any atom is 0.119 e. The number of hydrogen-bond donors (Lipinski definition) is 2. The molecule has 0 spiro atoms. The van der Waals surface area contributed by atoms with Gasteiger partial charge in [-0.3, -0.25) is 0 Å². The van der Waals surface area contributed by atoms with Crippen LogP contribution in [-0.2, 0) is 0 Å². The number of aromatic hydroxyl groups is 1. The molecule has 2 atom stereocenters. The fourth-order valence-electron chi connectivity index (χ4n) is 2.19. The van der Waals surface area contributed by atoms with Gasteiger partial charge in [0.25, 0.3) is 0 Å². The van der Waals surface area contributed by atoms with Crippen molar-refractivity contribution in [2.45, 2.75) is 32.7 Å². The Balaban J connectivity index is 2.36. The molecule has 76 valence electrons. The lowest BCUT2D eigenvalue weighted by atomic mass is 10.0. The summed E-state index contributed by atoms with van der Waals surface area (Å²) < 4.78 is 0. The Bertz CT molecular complexity index is 371. The Hall–Kier alpha value is -1.02. The van der Waals surface area contributed by atoms with Crippen molar-refractivity contribution < 1.29 is 5.11 Å². The van der Waals surface area contributed by atoms with E-state index in [-0.39, 0.29) is 11.5 Å². The van der Waals surface area contributed by atoms with Gasteiger partial charge in [-0.1, -0.05) is 26.0 Å². The fraction of sp³-hybridized carbons (Fsp3) is 0.500. The lowest BCUT2D eigenvalue weighted by Gasteiger charge is -2.06. The second-order valence-corrected chi connectivity index (χ2v) is 4.89. The summed E-state index contributed by atoms with van der Waals surface area (Å²) in [5, 5.41) is 9.80. The van der Waals surface area contributed by atoms with Crippen LogP contribution in [0.4, 0.5) is 0 Å². The molecule has 0 aromatic heterocycles. The number of benzene rings is 1. The number of phenolic OH excluding ortho intramolecular Hbond substituents is 1. The van der Waals surface area contributed by atoms with E-state index in [0.717, 1.165) is 11.1 Å². The highest BCUT2D eigenvalue weighted by Crippen LogP contribution is 2.58. The third-order valence-corrected chi connectivity index (χ3v) is 3.43. The standard InChI is InChI=1S/C12H17NO/c1-7-4-5-8(9(14)6-7)10-11(13)12(10,2)3/h4-6,10-11,14H,13H2,1-3H3/t10-,11-/m0/s1. The molecule has 2 nitrogen and oxygen atoms in total. The zero-order valence-corrected chi connectivity index (χ0v) is 8.91. The topological polar surface area (TPSA) is 46.2 Å². The average molecular weight is 191 g/mol. The highest BCUT2D eigenvalue weighted by atomic mass is 16.3. The van der Waals surface area contributed by atoms with Crippen molar-refractivity contribution in [2.24, 2.45) is 11.1 Å². The molecule has 1 saturated carbocycles. The molecule has 1 aromatic rings. The van der Waals surface area contributed by atoms with Crippen molar-refractivity contribution in [2.75, 3.05) is 0 Å². The Morgan fingerprint density at radius 2 is 1.93 bits per heavy atom. The van der Waals surface area contributed by atoms with Gasteiger partial charge in [-0.25, -0.2) is 0 Å². The van der Waals surface area contributed by atoms with Gasteiger partial charge < -0.3 is 10.8 Å². The highest BCUT2D eigenvalue weighted by molar-refractivity contribution is 5.45. The van der Waals surface area contributed by atoms with Gasteiger partial charge in [-0.05, 0) is 29.5 Å². The molecule has 3 N–H and O–H groups in total. The van der Waals surface area contributed by atoms with Crippen LogP contribution in [0.25, 0.3) is 0 Å². The number of phenols is 1. The van der Waals surface area contributed by atoms with Gasteiger partial charge in [0, 0.05) is 12.0 Å². The molecule has 0 heterocycles. The number of rotatable bonds is 1. The van der Waals surface area contributed by atoms with E-state index < -0.39 is 0 Å². The van der Waals surface area contributed by atoms with Crippen molar-refractivity contribution in [1.29, 1.82) is 0 Å². The Labute approximate surface area is 84.7 Å². The van der Waals surface area contributed by atoms with Crippen molar-refractivity contribution in [3.05, 3.63) is 29.3 Å². The van der Waals surface area contributed by atoms with Crippen LogP contribution in [0.15, 0.2) is 18.2 Å². The molecule has 1 aliphatic carbocycles. The van der Waals surface area contributed by atoms with Crippen molar-refractivity contribution in [3.8, 4) is 5.75 Å². The van der Waals surface area contributed by atoms with E-state index in [1.807, 2.05) is 19.1 Å². The summed E-state index contributed by atoms with van der Waals surface area (Å²) in [6.45, 7) is 6.25. The Kier molecular flexibility index (Phi) is 1.86. The monoisotopic (exact) mass is 191 g/mol.